The summed E-state index contributed by atoms with van der Waals surface area (Å²) in [6.07, 6.45) is 5.80. The summed E-state index contributed by atoms with van der Waals surface area (Å²) in [5.74, 6) is -0.260. The lowest BCUT2D eigenvalue weighted by Gasteiger charge is -2.33. The standard InChI is InChI=1S/C15H19Cl2F/c1-3-15(6-4-5-7-15)14(17)11-8-10(2)13(18)9-12(11)16/h8-9,14H,3-7H2,1-2H3. The fourth-order valence-electron chi connectivity index (χ4n) is 3.07. The highest BCUT2D eigenvalue weighted by atomic mass is 35.5. The molecule has 1 aliphatic carbocycles. The molecule has 0 heterocycles. The zero-order valence-electron chi connectivity index (χ0n) is 10.9. The number of halogens is 3. The van der Waals surface area contributed by atoms with E-state index in [0.29, 0.717) is 10.6 Å². The van der Waals surface area contributed by atoms with E-state index in [2.05, 4.69) is 6.92 Å². The average Bonchev–Trinajstić information content (AvgIpc) is 2.83. The van der Waals surface area contributed by atoms with E-state index in [1.807, 2.05) is 6.07 Å². The van der Waals surface area contributed by atoms with Crippen molar-refractivity contribution in [1.82, 2.24) is 0 Å². The third-order valence-electron chi connectivity index (χ3n) is 4.39. The van der Waals surface area contributed by atoms with Crippen molar-refractivity contribution >= 4 is 23.2 Å². The van der Waals surface area contributed by atoms with E-state index < -0.39 is 0 Å². The molecule has 0 nitrogen and oxygen atoms in total. The lowest BCUT2D eigenvalue weighted by Crippen LogP contribution is -2.22. The van der Waals surface area contributed by atoms with E-state index in [9.17, 15) is 4.39 Å². The molecule has 0 aliphatic heterocycles. The van der Waals surface area contributed by atoms with Gasteiger partial charge in [-0.2, -0.15) is 0 Å². The van der Waals surface area contributed by atoms with Gasteiger partial charge < -0.3 is 0 Å². The van der Waals surface area contributed by atoms with Crippen LogP contribution in [-0.2, 0) is 0 Å². The second-order valence-electron chi connectivity index (χ2n) is 5.41. The van der Waals surface area contributed by atoms with Gasteiger partial charge in [-0.3, -0.25) is 0 Å². The maximum absolute atomic E-state index is 13.4. The Labute approximate surface area is 118 Å². The predicted molar refractivity (Wildman–Crippen MR) is 75.9 cm³/mol. The molecule has 0 radical (unpaired) electrons. The number of aryl methyl sites for hydroxylation is 1. The lowest BCUT2D eigenvalue weighted by atomic mass is 9.77. The van der Waals surface area contributed by atoms with Crippen LogP contribution >= 0.6 is 23.2 Å². The van der Waals surface area contributed by atoms with Crippen LogP contribution in [0, 0.1) is 18.2 Å². The van der Waals surface area contributed by atoms with Crippen molar-refractivity contribution in [2.45, 2.75) is 51.3 Å². The molecule has 1 aliphatic rings. The minimum atomic E-state index is -0.260. The van der Waals surface area contributed by atoms with Crippen molar-refractivity contribution in [2.24, 2.45) is 5.41 Å². The van der Waals surface area contributed by atoms with Crippen LogP contribution in [0.15, 0.2) is 12.1 Å². The summed E-state index contributed by atoms with van der Waals surface area (Å²) >= 11 is 12.9. The van der Waals surface area contributed by atoms with Crippen molar-refractivity contribution in [1.29, 1.82) is 0 Å². The Balaban J connectivity index is 2.39. The van der Waals surface area contributed by atoms with Crippen LogP contribution in [-0.4, -0.2) is 0 Å². The van der Waals surface area contributed by atoms with Crippen LogP contribution in [0.3, 0.4) is 0 Å². The smallest absolute Gasteiger partial charge is 0.127 e. The van der Waals surface area contributed by atoms with E-state index in [-0.39, 0.29) is 16.6 Å². The van der Waals surface area contributed by atoms with Crippen molar-refractivity contribution in [3.8, 4) is 0 Å². The minimum Gasteiger partial charge on any atom is -0.207 e. The van der Waals surface area contributed by atoms with Crippen molar-refractivity contribution in [3.63, 3.8) is 0 Å². The largest absolute Gasteiger partial charge is 0.207 e. The summed E-state index contributed by atoms with van der Waals surface area (Å²) in [4.78, 5) is 0. The summed E-state index contributed by atoms with van der Waals surface area (Å²) in [5.41, 5.74) is 1.64. The Morgan fingerprint density at radius 3 is 2.50 bits per heavy atom. The van der Waals surface area contributed by atoms with Crippen LogP contribution in [0.25, 0.3) is 0 Å². The van der Waals surface area contributed by atoms with E-state index >= 15 is 0 Å². The molecule has 1 aromatic rings. The summed E-state index contributed by atoms with van der Waals surface area (Å²) in [7, 11) is 0. The van der Waals surface area contributed by atoms with E-state index in [4.69, 9.17) is 23.2 Å². The normalized spacial score (nSPS) is 20.1. The second-order valence-corrected chi connectivity index (χ2v) is 6.25. The van der Waals surface area contributed by atoms with Gasteiger partial charge in [-0.15, -0.1) is 11.6 Å². The molecule has 3 heteroatoms. The molecular formula is C15H19Cl2F. The van der Waals surface area contributed by atoms with Crippen LogP contribution in [0.2, 0.25) is 5.02 Å². The predicted octanol–water partition coefficient (Wildman–Crippen LogP) is 6.04. The number of hydrogen-bond acceptors (Lipinski definition) is 0. The molecule has 100 valence electrons. The lowest BCUT2D eigenvalue weighted by molar-refractivity contribution is 0.271. The van der Waals surface area contributed by atoms with Gasteiger partial charge >= 0.3 is 0 Å². The molecule has 0 bridgehead atoms. The maximum atomic E-state index is 13.4. The molecule has 0 amide bonds. The third-order valence-corrected chi connectivity index (χ3v) is 5.42. The van der Waals surface area contributed by atoms with Gasteiger partial charge in [0.15, 0.2) is 0 Å². The molecular weight excluding hydrogens is 270 g/mol. The second kappa shape index (κ2) is 5.38. The van der Waals surface area contributed by atoms with Gasteiger partial charge in [0, 0.05) is 5.02 Å². The molecule has 2 rings (SSSR count). The zero-order chi connectivity index (χ0) is 13.3. The topological polar surface area (TPSA) is 0 Å². The number of hydrogen-bond donors (Lipinski definition) is 0. The molecule has 1 atom stereocenters. The summed E-state index contributed by atoms with van der Waals surface area (Å²) in [5, 5.41) is 0.342. The molecule has 1 saturated carbocycles. The van der Waals surface area contributed by atoms with Gasteiger partial charge in [-0.25, -0.2) is 4.39 Å². The molecule has 1 unspecified atom stereocenters. The van der Waals surface area contributed by atoms with Gasteiger partial charge in [0.05, 0.1) is 5.38 Å². The number of rotatable bonds is 3. The molecule has 0 aromatic heterocycles. The molecule has 0 saturated heterocycles. The fourth-order valence-corrected chi connectivity index (χ4v) is 3.94. The van der Waals surface area contributed by atoms with Crippen molar-refractivity contribution < 1.29 is 4.39 Å². The van der Waals surface area contributed by atoms with Gasteiger partial charge in [0.25, 0.3) is 0 Å². The van der Waals surface area contributed by atoms with Gasteiger partial charge in [0.2, 0.25) is 0 Å². The first kappa shape index (κ1) is 14.1. The Kier molecular flexibility index (Phi) is 4.23. The molecule has 1 fully saturated rings. The Morgan fingerprint density at radius 1 is 1.33 bits per heavy atom. The van der Waals surface area contributed by atoms with E-state index in [1.165, 1.54) is 18.9 Å². The van der Waals surface area contributed by atoms with Gasteiger partial charge in [0.1, 0.15) is 5.82 Å². The average molecular weight is 289 g/mol. The first-order chi connectivity index (χ1) is 8.50. The minimum absolute atomic E-state index is 0.114. The van der Waals surface area contributed by atoms with Gasteiger partial charge in [-0.05, 0) is 48.8 Å². The zero-order valence-corrected chi connectivity index (χ0v) is 12.4. The first-order valence-corrected chi connectivity index (χ1v) is 7.41. The third kappa shape index (κ3) is 2.40. The quantitative estimate of drug-likeness (QED) is 0.595. The van der Waals surface area contributed by atoms with E-state index in [0.717, 1.165) is 24.8 Å². The van der Waals surface area contributed by atoms with Crippen molar-refractivity contribution in [2.75, 3.05) is 0 Å². The number of alkyl halides is 1. The van der Waals surface area contributed by atoms with Crippen LogP contribution in [0.4, 0.5) is 4.39 Å². The highest BCUT2D eigenvalue weighted by Gasteiger charge is 2.40. The Morgan fingerprint density at radius 2 is 1.94 bits per heavy atom. The highest BCUT2D eigenvalue weighted by molar-refractivity contribution is 6.32. The Hall–Kier alpha value is -0.270. The molecule has 1 aromatic carbocycles. The monoisotopic (exact) mass is 288 g/mol. The summed E-state index contributed by atoms with van der Waals surface area (Å²) < 4.78 is 13.4. The fraction of sp³-hybridized carbons (Fsp3) is 0.600. The summed E-state index contributed by atoms with van der Waals surface area (Å²) in [6, 6.07) is 3.20. The summed E-state index contributed by atoms with van der Waals surface area (Å²) in [6.45, 7) is 3.94. The highest BCUT2D eigenvalue weighted by Crippen LogP contribution is 2.54. The van der Waals surface area contributed by atoms with Crippen LogP contribution in [0.1, 0.15) is 55.5 Å². The molecule has 18 heavy (non-hydrogen) atoms. The SMILES string of the molecule is CCC1(C(Cl)c2cc(C)c(F)cc2Cl)CCCC1. The van der Waals surface area contributed by atoms with Crippen LogP contribution in [0.5, 0.6) is 0 Å². The first-order valence-electron chi connectivity index (χ1n) is 6.60. The van der Waals surface area contributed by atoms with Gasteiger partial charge in [-0.1, -0.05) is 37.4 Å². The molecule has 0 N–H and O–H groups in total. The Bertz CT molecular complexity index is 436. The maximum Gasteiger partial charge on any atom is 0.127 e. The number of benzene rings is 1. The van der Waals surface area contributed by atoms with Crippen LogP contribution < -0.4 is 0 Å². The van der Waals surface area contributed by atoms with E-state index in [1.54, 1.807) is 6.92 Å². The molecule has 0 spiro atoms. The van der Waals surface area contributed by atoms with Crippen molar-refractivity contribution in [3.05, 3.63) is 34.1 Å².